The molecule has 0 aromatic heterocycles. The van der Waals surface area contributed by atoms with Crippen molar-refractivity contribution in [3.05, 3.63) is 48.0 Å². The van der Waals surface area contributed by atoms with Gasteiger partial charge >= 0.3 is 0 Å². The Bertz CT molecular complexity index is 598. The molecule has 2 nitrogen and oxygen atoms in total. The van der Waals surface area contributed by atoms with E-state index < -0.39 is 0 Å². The first kappa shape index (κ1) is 15.6. The molecule has 0 saturated heterocycles. The molecule has 0 saturated carbocycles. The van der Waals surface area contributed by atoms with E-state index in [-0.39, 0.29) is 11.9 Å². The number of fused-ring (bicyclic) bond motifs is 1. The largest absolute Gasteiger partial charge is 0.350 e. The highest BCUT2D eigenvalue weighted by molar-refractivity contribution is 6.07. The normalized spacial score (nSPS) is 12.6. The van der Waals surface area contributed by atoms with E-state index in [4.69, 9.17) is 0 Å². The number of nitrogens with one attached hydrogen (secondary N) is 1. The van der Waals surface area contributed by atoms with Crippen LogP contribution in [0.3, 0.4) is 0 Å². The molecule has 0 aliphatic heterocycles. The van der Waals surface area contributed by atoms with Crippen LogP contribution in [-0.4, -0.2) is 11.9 Å². The Kier molecular flexibility index (Phi) is 5.38. The van der Waals surface area contributed by atoms with Gasteiger partial charge in [0.15, 0.2) is 0 Å². The molecular formula is C19H25NO. The second-order valence-corrected chi connectivity index (χ2v) is 6.23. The van der Waals surface area contributed by atoms with Gasteiger partial charge in [0.05, 0.1) is 0 Å². The quantitative estimate of drug-likeness (QED) is 0.811. The van der Waals surface area contributed by atoms with E-state index in [1.54, 1.807) is 0 Å². The van der Waals surface area contributed by atoms with E-state index in [2.05, 4.69) is 26.1 Å². The Hall–Kier alpha value is -1.83. The number of amides is 1. The van der Waals surface area contributed by atoms with Crippen molar-refractivity contribution in [2.45, 2.75) is 46.1 Å². The first-order valence-electron chi connectivity index (χ1n) is 7.86. The van der Waals surface area contributed by atoms with Crippen LogP contribution in [0.15, 0.2) is 42.5 Å². The van der Waals surface area contributed by atoms with Crippen molar-refractivity contribution >= 4 is 16.7 Å². The summed E-state index contributed by atoms with van der Waals surface area (Å²) < 4.78 is 0. The van der Waals surface area contributed by atoms with Gasteiger partial charge in [0.1, 0.15) is 0 Å². The minimum atomic E-state index is 0.0313. The summed E-state index contributed by atoms with van der Waals surface area (Å²) in [4.78, 5) is 12.5. The third-order valence-corrected chi connectivity index (χ3v) is 3.83. The molecule has 1 amide bonds. The van der Waals surface area contributed by atoms with Crippen molar-refractivity contribution in [3.63, 3.8) is 0 Å². The van der Waals surface area contributed by atoms with Crippen molar-refractivity contribution < 1.29 is 4.79 Å². The summed E-state index contributed by atoms with van der Waals surface area (Å²) in [6.45, 7) is 6.56. The van der Waals surface area contributed by atoms with Crippen LogP contribution >= 0.6 is 0 Å². The zero-order valence-electron chi connectivity index (χ0n) is 13.2. The molecule has 2 heteroatoms. The maximum Gasteiger partial charge on any atom is 0.252 e. The Morgan fingerprint density at radius 1 is 1.00 bits per heavy atom. The summed E-state index contributed by atoms with van der Waals surface area (Å²) in [6, 6.07) is 14.1. The third kappa shape index (κ3) is 4.32. The van der Waals surface area contributed by atoms with Crippen LogP contribution in [0.4, 0.5) is 0 Å². The molecule has 0 aliphatic rings. The van der Waals surface area contributed by atoms with Crippen LogP contribution in [-0.2, 0) is 0 Å². The van der Waals surface area contributed by atoms with E-state index >= 15 is 0 Å². The highest BCUT2D eigenvalue weighted by atomic mass is 16.1. The van der Waals surface area contributed by atoms with Gasteiger partial charge in [-0.1, -0.05) is 63.1 Å². The molecule has 0 aliphatic carbocycles. The second kappa shape index (κ2) is 7.26. The third-order valence-electron chi connectivity index (χ3n) is 3.83. The van der Waals surface area contributed by atoms with Crippen molar-refractivity contribution in [1.82, 2.24) is 5.32 Å². The lowest BCUT2D eigenvalue weighted by Gasteiger charge is -2.15. The fraction of sp³-hybridized carbons (Fsp3) is 0.421. The molecule has 0 radical (unpaired) electrons. The van der Waals surface area contributed by atoms with Crippen molar-refractivity contribution in [3.8, 4) is 0 Å². The summed E-state index contributed by atoms with van der Waals surface area (Å²) in [5.74, 6) is 0.759. The Labute approximate surface area is 127 Å². The number of rotatable bonds is 6. The maximum absolute atomic E-state index is 12.5. The van der Waals surface area contributed by atoms with Gasteiger partial charge in [-0.2, -0.15) is 0 Å². The monoisotopic (exact) mass is 283 g/mol. The molecule has 0 unspecified atom stereocenters. The summed E-state index contributed by atoms with van der Waals surface area (Å²) in [5.41, 5.74) is 0.767. The first-order chi connectivity index (χ1) is 10.1. The molecule has 0 spiro atoms. The second-order valence-electron chi connectivity index (χ2n) is 6.23. The zero-order valence-corrected chi connectivity index (χ0v) is 13.2. The van der Waals surface area contributed by atoms with Gasteiger partial charge in [0, 0.05) is 11.6 Å². The van der Waals surface area contributed by atoms with Crippen LogP contribution in [0.1, 0.15) is 50.4 Å². The van der Waals surface area contributed by atoms with Crippen molar-refractivity contribution in [2.24, 2.45) is 5.92 Å². The predicted molar refractivity (Wildman–Crippen MR) is 89.6 cm³/mol. The fourth-order valence-electron chi connectivity index (χ4n) is 2.63. The lowest BCUT2D eigenvalue weighted by Crippen LogP contribution is -2.32. The van der Waals surface area contributed by atoms with Crippen LogP contribution in [0, 0.1) is 5.92 Å². The highest BCUT2D eigenvalue weighted by Gasteiger charge is 2.12. The lowest BCUT2D eigenvalue weighted by atomic mass is 10.0. The molecule has 0 bridgehead atoms. The summed E-state index contributed by atoms with van der Waals surface area (Å²) in [7, 11) is 0. The number of carbonyl (C=O) groups excluding carboxylic acids is 1. The fourth-order valence-corrected chi connectivity index (χ4v) is 2.63. The van der Waals surface area contributed by atoms with Crippen molar-refractivity contribution in [1.29, 1.82) is 0 Å². The smallest absolute Gasteiger partial charge is 0.252 e. The predicted octanol–water partition coefficient (Wildman–Crippen LogP) is 4.78. The molecule has 1 N–H and O–H groups in total. The highest BCUT2D eigenvalue weighted by Crippen LogP contribution is 2.18. The maximum atomic E-state index is 12.5. The topological polar surface area (TPSA) is 29.1 Å². The van der Waals surface area contributed by atoms with Gasteiger partial charge in [0.2, 0.25) is 0 Å². The Balaban J connectivity index is 2.02. The Morgan fingerprint density at radius 2 is 1.71 bits per heavy atom. The zero-order chi connectivity index (χ0) is 15.2. The van der Waals surface area contributed by atoms with E-state index in [1.165, 1.54) is 6.42 Å². The Morgan fingerprint density at radius 3 is 2.48 bits per heavy atom. The van der Waals surface area contributed by atoms with E-state index in [1.807, 2.05) is 42.5 Å². The number of benzene rings is 2. The van der Waals surface area contributed by atoms with E-state index in [9.17, 15) is 4.79 Å². The number of carbonyl (C=O) groups is 1. The first-order valence-corrected chi connectivity index (χ1v) is 7.86. The SMILES string of the molecule is CC(C)CCC[C@@H](C)NC(=O)c1cccc2ccccc12. The summed E-state index contributed by atoms with van der Waals surface area (Å²) in [6.07, 6.45) is 3.41. The van der Waals surface area contributed by atoms with Crippen LogP contribution in [0.25, 0.3) is 10.8 Å². The molecule has 1 atom stereocenters. The van der Waals surface area contributed by atoms with Gasteiger partial charge < -0.3 is 5.32 Å². The van der Waals surface area contributed by atoms with Gasteiger partial charge in [-0.3, -0.25) is 4.79 Å². The molecule has 21 heavy (non-hydrogen) atoms. The van der Waals surface area contributed by atoms with Crippen LogP contribution < -0.4 is 5.32 Å². The molecule has 2 aromatic rings. The van der Waals surface area contributed by atoms with Crippen LogP contribution in [0.2, 0.25) is 0 Å². The van der Waals surface area contributed by atoms with Gasteiger partial charge in [0.25, 0.3) is 5.91 Å². The van der Waals surface area contributed by atoms with Crippen LogP contribution in [0.5, 0.6) is 0 Å². The minimum Gasteiger partial charge on any atom is -0.350 e. The summed E-state index contributed by atoms with van der Waals surface area (Å²) >= 11 is 0. The number of hydrogen-bond acceptors (Lipinski definition) is 1. The average molecular weight is 283 g/mol. The molecule has 2 aromatic carbocycles. The molecule has 2 rings (SSSR count). The summed E-state index contributed by atoms with van der Waals surface area (Å²) in [5, 5.41) is 5.25. The van der Waals surface area contributed by atoms with Crippen molar-refractivity contribution in [2.75, 3.05) is 0 Å². The van der Waals surface area contributed by atoms with E-state index in [0.29, 0.717) is 0 Å². The average Bonchev–Trinajstić information content (AvgIpc) is 2.46. The standard InChI is InChI=1S/C19H25NO/c1-14(2)8-6-9-15(3)20-19(21)18-13-7-11-16-10-4-5-12-17(16)18/h4-5,7,10-15H,6,8-9H2,1-3H3,(H,20,21)/t15-/m1/s1. The van der Waals surface area contributed by atoms with E-state index in [0.717, 1.165) is 35.1 Å². The van der Waals surface area contributed by atoms with Gasteiger partial charge in [-0.25, -0.2) is 0 Å². The van der Waals surface area contributed by atoms with Gasteiger partial charge in [-0.05, 0) is 36.1 Å². The minimum absolute atomic E-state index is 0.0313. The lowest BCUT2D eigenvalue weighted by molar-refractivity contribution is 0.0939. The molecule has 112 valence electrons. The molecule has 0 heterocycles. The van der Waals surface area contributed by atoms with Gasteiger partial charge in [-0.15, -0.1) is 0 Å². The molecule has 0 fully saturated rings. The molecular weight excluding hydrogens is 258 g/mol. The number of hydrogen-bond donors (Lipinski definition) is 1.